The summed E-state index contributed by atoms with van der Waals surface area (Å²) in [6.45, 7) is 1.50. The van der Waals surface area contributed by atoms with Gasteiger partial charge in [-0.25, -0.2) is 8.78 Å². The molecule has 0 aliphatic rings. The lowest BCUT2D eigenvalue weighted by molar-refractivity contribution is -0.148. The van der Waals surface area contributed by atoms with Gasteiger partial charge in [-0.15, -0.1) is 0 Å². The first-order chi connectivity index (χ1) is 11.9. The smallest absolute Gasteiger partial charge is 0.308 e. The Morgan fingerprint density at radius 2 is 1.84 bits per heavy atom. The maximum atomic E-state index is 13.6. The Bertz CT molecular complexity index is 765. The summed E-state index contributed by atoms with van der Waals surface area (Å²) < 4.78 is 31.8. The van der Waals surface area contributed by atoms with Crippen LogP contribution in [0.2, 0.25) is 5.02 Å². The van der Waals surface area contributed by atoms with Gasteiger partial charge in [-0.1, -0.05) is 11.6 Å². The van der Waals surface area contributed by atoms with Gasteiger partial charge in [0.15, 0.2) is 0 Å². The highest BCUT2D eigenvalue weighted by Gasteiger charge is 2.16. The van der Waals surface area contributed by atoms with Crippen LogP contribution in [0, 0.1) is 11.6 Å². The second-order valence-corrected chi connectivity index (χ2v) is 5.75. The van der Waals surface area contributed by atoms with Gasteiger partial charge in [0.05, 0.1) is 6.42 Å². The lowest BCUT2D eigenvalue weighted by atomic mass is 10.1. The number of ether oxygens (including phenoxy) is 1. The van der Waals surface area contributed by atoms with Crippen LogP contribution in [0.1, 0.15) is 35.4 Å². The summed E-state index contributed by atoms with van der Waals surface area (Å²) in [4.78, 5) is 23.6. The van der Waals surface area contributed by atoms with E-state index in [1.54, 1.807) is 24.3 Å². The van der Waals surface area contributed by atoms with Crippen molar-refractivity contribution in [2.75, 3.05) is 6.54 Å². The summed E-state index contributed by atoms with van der Waals surface area (Å²) >= 11 is 5.74. The molecule has 2 aromatic carbocycles. The van der Waals surface area contributed by atoms with Crippen molar-refractivity contribution < 1.29 is 23.1 Å². The first-order valence-electron chi connectivity index (χ1n) is 7.55. The maximum absolute atomic E-state index is 13.6. The average molecular weight is 368 g/mol. The van der Waals surface area contributed by atoms with Crippen molar-refractivity contribution in [3.63, 3.8) is 0 Å². The van der Waals surface area contributed by atoms with Crippen molar-refractivity contribution in [3.05, 3.63) is 70.2 Å². The van der Waals surface area contributed by atoms with Gasteiger partial charge in [-0.2, -0.15) is 0 Å². The SMILES string of the molecule is CC(OC(=O)CCNC(=O)c1ccc(Cl)cc1)c1cc(F)ccc1F. The number of esters is 1. The number of nitrogens with one attached hydrogen (secondary N) is 1. The van der Waals surface area contributed by atoms with Crippen LogP contribution in [-0.4, -0.2) is 18.4 Å². The molecule has 0 spiro atoms. The Hall–Kier alpha value is -2.47. The zero-order valence-electron chi connectivity index (χ0n) is 13.4. The van der Waals surface area contributed by atoms with Gasteiger partial charge < -0.3 is 10.1 Å². The fourth-order valence-corrected chi connectivity index (χ4v) is 2.25. The Labute approximate surface area is 148 Å². The molecular formula is C18H16ClF2NO3. The van der Waals surface area contributed by atoms with E-state index in [9.17, 15) is 18.4 Å². The summed E-state index contributed by atoms with van der Waals surface area (Å²) in [5, 5.41) is 3.08. The molecule has 132 valence electrons. The quantitative estimate of drug-likeness (QED) is 0.784. The molecule has 0 heterocycles. The van der Waals surface area contributed by atoms with Gasteiger partial charge in [0.2, 0.25) is 0 Å². The fraction of sp³-hybridized carbons (Fsp3) is 0.222. The number of carbonyl (C=O) groups is 2. The third kappa shape index (κ3) is 5.53. The van der Waals surface area contributed by atoms with Crippen LogP contribution in [0.3, 0.4) is 0 Å². The minimum absolute atomic E-state index is 0.0430. The molecule has 0 bridgehead atoms. The average Bonchev–Trinajstić information content (AvgIpc) is 2.57. The minimum Gasteiger partial charge on any atom is -0.458 e. The molecular weight excluding hydrogens is 352 g/mol. The van der Waals surface area contributed by atoms with Gasteiger partial charge in [0.1, 0.15) is 17.7 Å². The van der Waals surface area contributed by atoms with E-state index in [2.05, 4.69) is 5.32 Å². The molecule has 1 N–H and O–H groups in total. The Morgan fingerprint density at radius 3 is 2.52 bits per heavy atom. The van der Waals surface area contributed by atoms with Crippen molar-refractivity contribution in [1.82, 2.24) is 5.32 Å². The van der Waals surface area contributed by atoms with E-state index in [0.717, 1.165) is 18.2 Å². The Kier molecular flexibility index (Phi) is 6.47. The van der Waals surface area contributed by atoms with E-state index in [1.807, 2.05) is 0 Å². The molecule has 1 atom stereocenters. The first kappa shape index (κ1) is 18.9. The van der Waals surface area contributed by atoms with E-state index in [1.165, 1.54) is 6.92 Å². The standard InChI is InChI=1S/C18H16ClF2NO3/c1-11(15-10-14(20)6-7-16(15)21)25-17(23)8-9-22-18(24)12-2-4-13(19)5-3-12/h2-7,10-11H,8-9H2,1H3,(H,22,24). The molecule has 7 heteroatoms. The Morgan fingerprint density at radius 1 is 1.16 bits per heavy atom. The van der Waals surface area contributed by atoms with Gasteiger partial charge in [-0.3, -0.25) is 9.59 Å². The number of hydrogen-bond donors (Lipinski definition) is 1. The molecule has 0 fully saturated rings. The van der Waals surface area contributed by atoms with Crippen molar-refractivity contribution in [2.24, 2.45) is 0 Å². The normalized spacial score (nSPS) is 11.7. The monoisotopic (exact) mass is 367 g/mol. The van der Waals surface area contributed by atoms with Crippen LogP contribution in [0.5, 0.6) is 0 Å². The number of halogens is 3. The number of benzene rings is 2. The summed E-state index contributed by atoms with van der Waals surface area (Å²) in [6.07, 6.45) is -1.03. The summed E-state index contributed by atoms with van der Waals surface area (Å²) in [6, 6.07) is 9.23. The molecule has 1 unspecified atom stereocenters. The van der Waals surface area contributed by atoms with Crippen molar-refractivity contribution >= 4 is 23.5 Å². The summed E-state index contributed by atoms with van der Waals surface area (Å²) in [5.41, 5.74) is 0.367. The molecule has 0 saturated carbocycles. The molecule has 2 aromatic rings. The molecule has 1 amide bonds. The van der Waals surface area contributed by atoms with E-state index in [-0.39, 0.29) is 24.4 Å². The minimum atomic E-state index is -0.935. The van der Waals surface area contributed by atoms with Gasteiger partial charge in [0.25, 0.3) is 5.91 Å². The van der Waals surface area contributed by atoms with Gasteiger partial charge in [0, 0.05) is 22.7 Å². The first-order valence-corrected chi connectivity index (χ1v) is 7.93. The molecule has 0 aliphatic heterocycles. The number of carbonyl (C=O) groups excluding carboxylic acids is 2. The molecule has 25 heavy (non-hydrogen) atoms. The molecule has 0 aliphatic carbocycles. The van der Waals surface area contributed by atoms with Crippen molar-refractivity contribution in [3.8, 4) is 0 Å². The summed E-state index contributed by atoms with van der Waals surface area (Å²) in [5.74, 6) is -2.26. The second-order valence-electron chi connectivity index (χ2n) is 5.31. The largest absolute Gasteiger partial charge is 0.458 e. The lowest BCUT2D eigenvalue weighted by Gasteiger charge is -2.14. The van der Waals surface area contributed by atoms with E-state index in [4.69, 9.17) is 16.3 Å². The fourth-order valence-electron chi connectivity index (χ4n) is 2.13. The zero-order chi connectivity index (χ0) is 18.4. The lowest BCUT2D eigenvalue weighted by Crippen LogP contribution is -2.26. The highest BCUT2D eigenvalue weighted by atomic mass is 35.5. The summed E-state index contributed by atoms with van der Waals surface area (Å²) in [7, 11) is 0. The van der Waals surface area contributed by atoms with Crippen LogP contribution < -0.4 is 5.32 Å². The van der Waals surface area contributed by atoms with E-state index in [0.29, 0.717) is 10.6 Å². The van der Waals surface area contributed by atoms with Crippen LogP contribution in [0.25, 0.3) is 0 Å². The van der Waals surface area contributed by atoms with Gasteiger partial charge >= 0.3 is 5.97 Å². The predicted molar refractivity (Wildman–Crippen MR) is 89.3 cm³/mol. The highest BCUT2D eigenvalue weighted by Crippen LogP contribution is 2.21. The number of hydrogen-bond acceptors (Lipinski definition) is 3. The van der Waals surface area contributed by atoms with Crippen molar-refractivity contribution in [2.45, 2.75) is 19.4 Å². The second kappa shape index (κ2) is 8.58. The molecule has 0 aromatic heterocycles. The van der Waals surface area contributed by atoms with Crippen molar-refractivity contribution in [1.29, 1.82) is 0 Å². The van der Waals surface area contributed by atoms with Crippen LogP contribution in [0.15, 0.2) is 42.5 Å². The van der Waals surface area contributed by atoms with Crippen LogP contribution in [-0.2, 0) is 9.53 Å². The third-order valence-electron chi connectivity index (χ3n) is 3.43. The maximum Gasteiger partial charge on any atom is 0.308 e. The zero-order valence-corrected chi connectivity index (χ0v) is 14.1. The van der Waals surface area contributed by atoms with Gasteiger partial charge in [-0.05, 0) is 49.4 Å². The van der Waals surface area contributed by atoms with Crippen LogP contribution >= 0.6 is 11.6 Å². The number of amides is 1. The predicted octanol–water partition coefficient (Wildman–Crippen LogP) is 4.04. The third-order valence-corrected chi connectivity index (χ3v) is 3.68. The highest BCUT2D eigenvalue weighted by molar-refractivity contribution is 6.30. The molecule has 2 rings (SSSR count). The van der Waals surface area contributed by atoms with E-state index >= 15 is 0 Å². The number of rotatable bonds is 6. The molecule has 4 nitrogen and oxygen atoms in total. The van der Waals surface area contributed by atoms with E-state index < -0.39 is 23.7 Å². The molecule has 0 radical (unpaired) electrons. The molecule has 0 saturated heterocycles. The Balaban J connectivity index is 1.81. The topological polar surface area (TPSA) is 55.4 Å². The van der Waals surface area contributed by atoms with Crippen LogP contribution in [0.4, 0.5) is 8.78 Å².